The van der Waals surface area contributed by atoms with Crippen LogP contribution in [0.1, 0.15) is 48.1 Å². The second kappa shape index (κ2) is 10.8. The Morgan fingerprint density at radius 2 is 1.26 bits per heavy atom. The Kier molecular flexibility index (Phi) is 6.95. The Bertz CT molecular complexity index is 1640. The monoisotopic (exact) mass is 562 g/mol. The molecule has 0 N–H and O–H groups in total. The molecule has 0 radical (unpaired) electrons. The SMILES string of the molecule is CCC(C)COc1ccc2c(c1)C1(c3cc(C)ccc3-c3ccc(OCC4CO4)cc31)c1cc(OCCOC)ccc1-2. The van der Waals surface area contributed by atoms with Gasteiger partial charge in [-0.05, 0) is 93.7 Å². The third kappa shape index (κ3) is 4.47. The van der Waals surface area contributed by atoms with Gasteiger partial charge in [0.25, 0.3) is 0 Å². The minimum Gasteiger partial charge on any atom is -0.493 e. The maximum atomic E-state index is 6.39. The molecule has 0 aromatic heterocycles. The van der Waals surface area contributed by atoms with Crippen molar-refractivity contribution in [3.8, 4) is 39.5 Å². The lowest BCUT2D eigenvalue weighted by molar-refractivity contribution is 0.146. The largest absolute Gasteiger partial charge is 0.493 e. The molecule has 4 aromatic carbocycles. The van der Waals surface area contributed by atoms with E-state index >= 15 is 0 Å². The third-order valence-corrected chi connectivity index (χ3v) is 8.97. The Morgan fingerprint density at radius 1 is 0.738 bits per heavy atom. The van der Waals surface area contributed by atoms with Crippen molar-refractivity contribution < 1.29 is 23.7 Å². The molecule has 1 spiro atoms. The number of benzene rings is 4. The first-order valence-corrected chi connectivity index (χ1v) is 15.1. The molecule has 1 saturated heterocycles. The van der Waals surface area contributed by atoms with Gasteiger partial charge in [-0.15, -0.1) is 0 Å². The molecule has 42 heavy (non-hydrogen) atoms. The number of ether oxygens (including phenoxy) is 5. The lowest BCUT2D eigenvalue weighted by Crippen LogP contribution is -2.26. The number of methoxy groups -OCH3 is 1. The van der Waals surface area contributed by atoms with Crippen LogP contribution in [0.4, 0.5) is 0 Å². The van der Waals surface area contributed by atoms with Gasteiger partial charge in [0, 0.05) is 7.11 Å². The highest BCUT2D eigenvalue weighted by atomic mass is 16.6. The van der Waals surface area contributed by atoms with Crippen molar-refractivity contribution in [2.24, 2.45) is 5.92 Å². The Hall–Kier alpha value is -3.80. The summed E-state index contributed by atoms with van der Waals surface area (Å²) < 4.78 is 29.5. The van der Waals surface area contributed by atoms with Crippen LogP contribution in [0.3, 0.4) is 0 Å². The molecule has 1 fully saturated rings. The quantitative estimate of drug-likeness (QED) is 0.120. The van der Waals surface area contributed by atoms with Gasteiger partial charge in [-0.1, -0.05) is 62.2 Å². The predicted molar refractivity (Wildman–Crippen MR) is 165 cm³/mol. The topological polar surface area (TPSA) is 49.5 Å². The van der Waals surface area contributed by atoms with Crippen molar-refractivity contribution in [3.63, 3.8) is 0 Å². The zero-order valence-electron chi connectivity index (χ0n) is 24.9. The molecule has 2 aliphatic carbocycles. The second-order valence-corrected chi connectivity index (χ2v) is 11.9. The minimum atomic E-state index is -0.535. The average molecular weight is 563 g/mol. The highest BCUT2D eigenvalue weighted by Crippen LogP contribution is 2.64. The van der Waals surface area contributed by atoms with Crippen molar-refractivity contribution in [1.29, 1.82) is 0 Å². The first-order valence-electron chi connectivity index (χ1n) is 15.1. The summed E-state index contributed by atoms with van der Waals surface area (Å²) in [5.41, 5.74) is 10.6. The first-order chi connectivity index (χ1) is 20.5. The lowest BCUT2D eigenvalue weighted by Gasteiger charge is -2.31. The van der Waals surface area contributed by atoms with Gasteiger partial charge in [0.1, 0.15) is 36.6 Å². The number of hydrogen-bond donors (Lipinski definition) is 0. The molecule has 3 unspecified atom stereocenters. The summed E-state index contributed by atoms with van der Waals surface area (Å²) >= 11 is 0. The number of hydrogen-bond acceptors (Lipinski definition) is 5. The van der Waals surface area contributed by atoms with E-state index in [0.717, 1.165) is 30.3 Å². The van der Waals surface area contributed by atoms with Gasteiger partial charge >= 0.3 is 0 Å². The molecule has 4 aromatic rings. The molecule has 5 heteroatoms. The summed E-state index contributed by atoms with van der Waals surface area (Å²) in [6.07, 6.45) is 1.28. The molecule has 3 aliphatic rings. The second-order valence-electron chi connectivity index (χ2n) is 11.9. The highest BCUT2D eigenvalue weighted by Gasteiger charge is 2.52. The van der Waals surface area contributed by atoms with Crippen LogP contribution in [0, 0.1) is 12.8 Å². The molecule has 1 heterocycles. The van der Waals surface area contributed by atoms with Gasteiger partial charge < -0.3 is 23.7 Å². The summed E-state index contributed by atoms with van der Waals surface area (Å²) in [4.78, 5) is 0. The van der Waals surface area contributed by atoms with E-state index in [9.17, 15) is 0 Å². The van der Waals surface area contributed by atoms with E-state index < -0.39 is 5.41 Å². The average Bonchev–Trinajstić information content (AvgIpc) is 3.75. The molecule has 3 atom stereocenters. The van der Waals surface area contributed by atoms with E-state index in [4.69, 9.17) is 23.7 Å². The normalized spacial score (nSPS) is 19.6. The van der Waals surface area contributed by atoms with Crippen LogP contribution < -0.4 is 14.2 Å². The summed E-state index contributed by atoms with van der Waals surface area (Å²) in [7, 11) is 1.70. The Labute approximate surface area is 248 Å². The van der Waals surface area contributed by atoms with Crippen molar-refractivity contribution in [1.82, 2.24) is 0 Å². The van der Waals surface area contributed by atoms with Gasteiger partial charge in [0.15, 0.2) is 0 Å². The Morgan fingerprint density at radius 3 is 1.81 bits per heavy atom. The van der Waals surface area contributed by atoms with Crippen LogP contribution in [-0.4, -0.2) is 46.2 Å². The lowest BCUT2D eigenvalue weighted by atomic mass is 9.70. The molecule has 7 rings (SSSR count). The van der Waals surface area contributed by atoms with Gasteiger partial charge in [-0.25, -0.2) is 0 Å². The summed E-state index contributed by atoms with van der Waals surface area (Å²) in [6.45, 7) is 9.68. The summed E-state index contributed by atoms with van der Waals surface area (Å²) in [6, 6.07) is 26.6. The fourth-order valence-electron chi connectivity index (χ4n) is 6.50. The zero-order valence-corrected chi connectivity index (χ0v) is 24.9. The molecule has 5 nitrogen and oxygen atoms in total. The van der Waals surface area contributed by atoms with E-state index in [1.165, 1.54) is 50.1 Å². The molecular formula is C37H38O5. The first kappa shape index (κ1) is 27.1. The standard InChI is InChI=1S/C37H38O5/c1-5-23(2)20-40-26-8-12-32-31-11-7-25(39-15-14-38-4)17-34(31)37(35(32)18-26)33-16-24(3)6-10-29(33)30-13-9-27(19-36(30)37)41-21-28-22-42-28/h6-13,16-19,23,28H,5,14-15,20-22H2,1-4H3. The van der Waals surface area contributed by atoms with E-state index in [1.54, 1.807) is 7.11 Å². The molecular weight excluding hydrogens is 524 g/mol. The van der Waals surface area contributed by atoms with Gasteiger partial charge in [-0.2, -0.15) is 0 Å². The maximum Gasteiger partial charge on any atom is 0.119 e. The third-order valence-electron chi connectivity index (χ3n) is 8.97. The highest BCUT2D eigenvalue weighted by molar-refractivity contribution is 5.95. The molecule has 0 amide bonds. The van der Waals surface area contributed by atoms with Crippen molar-refractivity contribution in [2.75, 3.05) is 40.1 Å². The number of fused-ring (bicyclic) bond motifs is 10. The number of epoxide rings is 1. The summed E-state index contributed by atoms with van der Waals surface area (Å²) in [5.74, 6) is 3.09. The van der Waals surface area contributed by atoms with Crippen LogP contribution >= 0.6 is 0 Å². The van der Waals surface area contributed by atoms with Crippen LogP contribution in [0.2, 0.25) is 0 Å². The van der Waals surface area contributed by atoms with Gasteiger partial charge in [0.05, 0.1) is 25.2 Å². The van der Waals surface area contributed by atoms with Crippen LogP contribution in [-0.2, 0) is 14.9 Å². The van der Waals surface area contributed by atoms with Gasteiger partial charge in [0.2, 0.25) is 0 Å². The van der Waals surface area contributed by atoms with E-state index in [-0.39, 0.29) is 6.10 Å². The molecule has 216 valence electrons. The van der Waals surface area contributed by atoms with E-state index in [1.807, 2.05) is 0 Å². The van der Waals surface area contributed by atoms with E-state index in [2.05, 4.69) is 93.6 Å². The van der Waals surface area contributed by atoms with Crippen molar-refractivity contribution >= 4 is 0 Å². The van der Waals surface area contributed by atoms with Crippen LogP contribution in [0.25, 0.3) is 22.3 Å². The smallest absolute Gasteiger partial charge is 0.119 e. The fourth-order valence-corrected chi connectivity index (χ4v) is 6.50. The molecule has 0 saturated carbocycles. The summed E-state index contributed by atoms with van der Waals surface area (Å²) in [5, 5.41) is 0. The minimum absolute atomic E-state index is 0.192. The van der Waals surface area contributed by atoms with Crippen molar-refractivity contribution in [2.45, 2.75) is 38.7 Å². The van der Waals surface area contributed by atoms with Crippen molar-refractivity contribution in [3.05, 3.63) is 101 Å². The van der Waals surface area contributed by atoms with Gasteiger partial charge in [-0.3, -0.25) is 0 Å². The Balaban J connectivity index is 1.46. The fraction of sp³-hybridized carbons (Fsp3) is 0.351. The maximum absolute atomic E-state index is 6.39. The predicted octanol–water partition coefficient (Wildman–Crippen LogP) is 7.57. The molecule has 1 aliphatic heterocycles. The van der Waals surface area contributed by atoms with E-state index in [0.29, 0.717) is 32.3 Å². The zero-order chi connectivity index (χ0) is 28.8. The number of aryl methyl sites for hydroxylation is 1. The molecule has 0 bridgehead atoms. The number of rotatable bonds is 11. The van der Waals surface area contributed by atoms with Crippen LogP contribution in [0.5, 0.6) is 17.2 Å². The van der Waals surface area contributed by atoms with Crippen LogP contribution in [0.15, 0.2) is 72.8 Å².